The second kappa shape index (κ2) is 6.79. The number of hydrogen-bond donors (Lipinski definition) is 0. The summed E-state index contributed by atoms with van der Waals surface area (Å²) in [5.74, 6) is 3.42. The van der Waals surface area contributed by atoms with Crippen molar-refractivity contribution in [2.45, 2.75) is 24.0 Å². The molecular formula is C16H20N2OS2. The Bertz CT molecular complexity index is 548. The quantitative estimate of drug-likeness (QED) is 0.811. The van der Waals surface area contributed by atoms with Gasteiger partial charge in [0.2, 0.25) is 0 Å². The fraction of sp³-hybridized carbons (Fsp3) is 0.438. The van der Waals surface area contributed by atoms with Crippen molar-refractivity contribution in [2.24, 2.45) is 0 Å². The zero-order valence-corrected chi connectivity index (χ0v) is 13.8. The molecule has 0 aliphatic carbocycles. The number of nitrogens with zero attached hydrogens (tertiary/aromatic N) is 2. The van der Waals surface area contributed by atoms with Crippen LogP contribution < -0.4 is 4.74 Å². The van der Waals surface area contributed by atoms with E-state index in [1.54, 1.807) is 0 Å². The van der Waals surface area contributed by atoms with E-state index in [1.807, 2.05) is 19.4 Å². The number of benzene rings is 1. The molecule has 112 valence electrons. The van der Waals surface area contributed by atoms with E-state index in [0.717, 1.165) is 25.3 Å². The van der Waals surface area contributed by atoms with Gasteiger partial charge in [0.15, 0.2) is 0 Å². The van der Waals surface area contributed by atoms with Gasteiger partial charge >= 0.3 is 0 Å². The van der Waals surface area contributed by atoms with E-state index >= 15 is 0 Å². The van der Waals surface area contributed by atoms with Gasteiger partial charge in [-0.25, -0.2) is 4.98 Å². The highest BCUT2D eigenvalue weighted by Gasteiger charge is 2.36. The van der Waals surface area contributed by atoms with Crippen molar-refractivity contribution in [3.63, 3.8) is 0 Å². The third-order valence-corrected chi connectivity index (χ3v) is 6.89. The highest BCUT2D eigenvalue weighted by atomic mass is 32.2. The van der Waals surface area contributed by atoms with Gasteiger partial charge in [-0.3, -0.25) is 0 Å². The highest BCUT2D eigenvalue weighted by molar-refractivity contribution is 8.21. The molecule has 1 fully saturated rings. The maximum absolute atomic E-state index is 5.52. The maximum atomic E-state index is 5.52. The third-order valence-electron chi connectivity index (χ3n) is 3.50. The van der Waals surface area contributed by atoms with Crippen LogP contribution in [0.2, 0.25) is 0 Å². The van der Waals surface area contributed by atoms with E-state index in [1.165, 1.54) is 17.1 Å². The van der Waals surface area contributed by atoms with Crippen molar-refractivity contribution in [3.8, 4) is 5.75 Å². The summed E-state index contributed by atoms with van der Waals surface area (Å²) < 4.78 is 7.94. The van der Waals surface area contributed by atoms with Crippen LogP contribution in [-0.4, -0.2) is 31.7 Å². The van der Waals surface area contributed by atoms with Crippen LogP contribution in [0, 0.1) is 0 Å². The molecule has 0 unspecified atom stereocenters. The Labute approximate surface area is 134 Å². The smallest absolute Gasteiger partial charge is 0.119 e. The van der Waals surface area contributed by atoms with Crippen molar-refractivity contribution >= 4 is 23.5 Å². The summed E-state index contributed by atoms with van der Waals surface area (Å²) in [6.07, 6.45) is 6.90. The topological polar surface area (TPSA) is 27.1 Å². The summed E-state index contributed by atoms with van der Waals surface area (Å²) in [6.45, 7) is 3.74. The van der Waals surface area contributed by atoms with Gasteiger partial charge in [-0.2, -0.15) is 0 Å². The fourth-order valence-electron chi connectivity index (χ4n) is 2.59. The first-order chi connectivity index (χ1) is 10.3. The highest BCUT2D eigenvalue weighted by Crippen LogP contribution is 2.47. The van der Waals surface area contributed by atoms with Gasteiger partial charge in [0.1, 0.15) is 5.75 Å². The van der Waals surface area contributed by atoms with Gasteiger partial charge in [0.05, 0.1) is 17.0 Å². The first kappa shape index (κ1) is 14.9. The molecule has 1 aromatic heterocycles. The molecule has 5 heteroatoms. The molecule has 2 heterocycles. The minimum Gasteiger partial charge on any atom is -0.494 e. The lowest BCUT2D eigenvalue weighted by atomic mass is 10.1. The molecule has 2 aromatic rings. The monoisotopic (exact) mass is 320 g/mol. The third kappa shape index (κ3) is 3.77. The van der Waals surface area contributed by atoms with Crippen molar-refractivity contribution < 1.29 is 4.74 Å². The Balaban J connectivity index is 1.72. The number of rotatable bonds is 6. The largest absolute Gasteiger partial charge is 0.494 e. The van der Waals surface area contributed by atoms with E-state index in [-0.39, 0.29) is 4.08 Å². The van der Waals surface area contributed by atoms with Crippen LogP contribution in [0.5, 0.6) is 5.75 Å². The number of hydrogen-bond acceptors (Lipinski definition) is 4. The first-order valence-corrected chi connectivity index (χ1v) is 9.22. The van der Waals surface area contributed by atoms with Crippen LogP contribution in [0.15, 0.2) is 43.0 Å². The van der Waals surface area contributed by atoms with Crippen molar-refractivity contribution in [2.75, 3.05) is 18.1 Å². The number of ether oxygens (including phenoxy) is 1. The minimum absolute atomic E-state index is 0.230. The molecule has 3 rings (SSSR count). The molecule has 0 N–H and O–H groups in total. The summed E-state index contributed by atoms with van der Waals surface area (Å²) in [7, 11) is 0. The lowest BCUT2D eigenvalue weighted by Crippen LogP contribution is -2.27. The summed E-state index contributed by atoms with van der Waals surface area (Å²) in [5.41, 5.74) is 1.38. The van der Waals surface area contributed by atoms with Crippen molar-refractivity contribution in [1.29, 1.82) is 0 Å². The normalized spacial score (nSPS) is 17.0. The number of aromatic nitrogens is 2. The van der Waals surface area contributed by atoms with Crippen molar-refractivity contribution in [3.05, 3.63) is 48.5 Å². The average molecular weight is 320 g/mol. The Morgan fingerprint density at radius 2 is 2.00 bits per heavy atom. The molecule has 21 heavy (non-hydrogen) atoms. The standard InChI is InChI=1S/C16H20N2OS2/c1-2-19-15-5-3-14(4-6-15)11-16(20-9-10-21-16)12-18-8-7-17-13-18/h3-8,13H,2,9-12H2,1H3. The summed E-state index contributed by atoms with van der Waals surface area (Å²) >= 11 is 4.16. The maximum Gasteiger partial charge on any atom is 0.119 e. The fourth-order valence-corrected chi connectivity index (χ4v) is 5.85. The van der Waals surface area contributed by atoms with Crippen LogP contribution in [0.1, 0.15) is 12.5 Å². The zero-order valence-electron chi connectivity index (χ0n) is 12.2. The predicted octanol–water partition coefficient (Wildman–Crippen LogP) is 3.70. The van der Waals surface area contributed by atoms with Crippen LogP contribution >= 0.6 is 23.5 Å². The van der Waals surface area contributed by atoms with E-state index in [4.69, 9.17) is 4.74 Å². The Morgan fingerprint density at radius 3 is 2.62 bits per heavy atom. The SMILES string of the molecule is CCOc1ccc(CC2(Cn3ccnc3)SCCS2)cc1. The second-order valence-electron chi connectivity index (χ2n) is 5.10. The van der Waals surface area contributed by atoms with Gasteiger partial charge in [-0.1, -0.05) is 12.1 Å². The molecule has 1 aliphatic rings. The molecule has 0 amide bonds. The van der Waals surface area contributed by atoms with Crippen LogP contribution in [0.25, 0.3) is 0 Å². The van der Waals surface area contributed by atoms with E-state index in [0.29, 0.717) is 0 Å². The first-order valence-electron chi connectivity index (χ1n) is 7.25. The molecule has 3 nitrogen and oxygen atoms in total. The van der Waals surface area contributed by atoms with Crippen LogP contribution in [0.4, 0.5) is 0 Å². The minimum atomic E-state index is 0.230. The van der Waals surface area contributed by atoms with E-state index in [9.17, 15) is 0 Å². The lowest BCUT2D eigenvalue weighted by molar-refractivity contribution is 0.340. The summed E-state index contributed by atoms with van der Waals surface area (Å²) in [4.78, 5) is 4.16. The molecule has 1 saturated heterocycles. The molecule has 0 radical (unpaired) electrons. The predicted molar refractivity (Wildman–Crippen MR) is 91.2 cm³/mol. The molecular weight excluding hydrogens is 300 g/mol. The molecule has 0 atom stereocenters. The average Bonchev–Trinajstić information content (AvgIpc) is 3.14. The van der Waals surface area contributed by atoms with Crippen LogP contribution in [0.3, 0.4) is 0 Å². The van der Waals surface area contributed by atoms with E-state index < -0.39 is 0 Å². The summed E-state index contributed by atoms with van der Waals surface area (Å²) in [5, 5.41) is 0. The lowest BCUT2D eigenvalue weighted by Gasteiger charge is -2.28. The zero-order chi connectivity index (χ0) is 14.5. The number of imidazole rings is 1. The van der Waals surface area contributed by atoms with Gasteiger partial charge in [-0.05, 0) is 31.0 Å². The second-order valence-corrected chi connectivity index (χ2v) is 8.31. The molecule has 0 bridgehead atoms. The van der Waals surface area contributed by atoms with Crippen LogP contribution in [-0.2, 0) is 13.0 Å². The Kier molecular flexibility index (Phi) is 4.80. The molecule has 1 aliphatic heterocycles. The van der Waals surface area contributed by atoms with Gasteiger partial charge in [0.25, 0.3) is 0 Å². The molecule has 0 saturated carbocycles. The van der Waals surface area contributed by atoms with E-state index in [2.05, 4.69) is 63.5 Å². The van der Waals surface area contributed by atoms with Gasteiger partial charge < -0.3 is 9.30 Å². The Morgan fingerprint density at radius 1 is 1.24 bits per heavy atom. The molecule has 1 aromatic carbocycles. The Hall–Kier alpha value is -1.07. The summed E-state index contributed by atoms with van der Waals surface area (Å²) in [6, 6.07) is 8.54. The van der Waals surface area contributed by atoms with Crippen molar-refractivity contribution in [1.82, 2.24) is 9.55 Å². The number of thioether (sulfide) groups is 2. The van der Waals surface area contributed by atoms with Gasteiger partial charge in [0, 0.05) is 30.4 Å². The van der Waals surface area contributed by atoms with Gasteiger partial charge in [-0.15, -0.1) is 23.5 Å². The molecule has 0 spiro atoms.